The van der Waals surface area contributed by atoms with Crippen LogP contribution in [-0.4, -0.2) is 4.57 Å². The van der Waals surface area contributed by atoms with Gasteiger partial charge in [0, 0.05) is 16.5 Å². The van der Waals surface area contributed by atoms with Crippen molar-refractivity contribution in [1.82, 2.24) is 4.57 Å². The van der Waals surface area contributed by atoms with Crippen molar-refractivity contribution < 1.29 is 0 Å². The fourth-order valence-electron chi connectivity index (χ4n) is 3.11. The van der Waals surface area contributed by atoms with Crippen LogP contribution in [0.1, 0.15) is 5.56 Å². The molecule has 4 aromatic rings. The molecule has 0 aliphatic rings. The molecular weight excluding hydrogens is 278 g/mol. The summed E-state index contributed by atoms with van der Waals surface area (Å²) in [6.45, 7) is 3.71. The van der Waals surface area contributed by atoms with Crippen LogP contribution in [0.4, 0.5) is 0 Å². The first-order chi connectivity index (χ1) is 11.4. The summed E-state index contributed by atoms with van der Waals surface area (Å²) >= 11 is 0. The maximum atomic E-state index is 3.71. The lowest BCUT2D eigenvalue weighted by molar-refractivity contribution is 1.18. The van der Waals surface area contributed by atoms with Crippen LogP contribution in [0.3, 0.4) is 0 Å². The van der Waals surface area contributed by atoms with Crippen molar-refractivity contribution in [3.8, 4) is 5.69 Å². The Morgan fingerprint density at radius 1 is 0.696 bits per heavy atom. The second kappa shape index (κ2) is 5.62. The van der Waals surface area contributed by atoms with E-state index < -0.39 is 0 Å². The van der Waals surface area contributed by atoms with Gasteiger partial charge in [-0.25, -0.2) is 0 Å². The molecule has 0 aliphatic heterocycles. The number of allylic oxidation sites excluding steroid dienone is 2. The van der Waals surface area contributed by atoms with Gasteiger partial charge >= 0.3 is 0 Å². The van der Waals surface area contributed by atoms with Crippen LogP contribution in [0.25, 0.3) is 33.6 Å². The summed E-state index contributed by atoms with van der Waals surface area (Å²) in [4.78, 5) is 0. The van der Waals surface area contributed by atoms with E-state index >= 15 is 0 Å². The Kier molecular flexibility index (Phi) is 3.32. The van der Waals surface area contributed by atoms with Gasteiger partial charge in [-0.2, -0.15) is 0 Å². The summed E-state index contributed by atoms with van der Waals surface area (Å²) in [6.07, 6.45) is 5.80. The topological polar surface area (TPSA) is 4.93 Å². The van der Waals surface area contributed by atoms with Gasteiger partial charge in [-0.3, -0.25) is 0 Å². The lowest BCUT2D eigenvalue weighted by Crippen LogP contribution is -1.93. The zero-order valence-corrected chi connectivity index (χ0v) is 12.8. The van der Waals surface area contributed by atoms with E-state index in [1.54, 1.807) is 6.08 Å². The molecule has 0 saturated heterocycles. The fraction of sp³-hybridized carbons (Fsp3) is 0. The van der Waals surface area contributed by atoms with Crippen LogP contribution in [0, 0.1) is 0 Å². The first-order valence-electron chi connectivity index (χ1n) is 7.76. The van der Waals surface area contributed by atoms with Crippen molar-refractivity contribution >= 4 is 27.9 Å². The van der Waals surface area contributed by atoms with Gasteiger partial charge in [-0.15, -0.1) is 0 Å². The van der Waals surface area contributed by atoms with Crippen LogP contribution in [0.15, 0.2) is 91.5 Å². The highest BCUT2D eigenvalue weighted by Gasteiger charge is 2.10. The fourth-order valence-corrected chi connectivity index (χ4v) is 3.11. The molecule has 1 heterocycles. The van der Waals surface area contributed by atoms with Gasteiger partial charge in [0.15, 0.2) is 0 Å². The van der Waals surface area contributed by atoms with Crippen molar-refractivity contribution in [3.63, 3.8) is 0 Å². The number of hydrogen-bond donors (Lipinski definition) is 0. The molecule has 0 saturated carbocycles. The number of nitrogens with zero attached hydrogens (tertiary/aromatic N) is 1. The van der Waals surface area contributed by atoms with E-state index in [4.69, 9.17) is 0 Å². The molecule has 0 spiro atoms. The van der Waals surface area contributed by atoms with Gasteiger partial charge in [-0.1, -0.05) is 73.3 Å². The minimum Gasteiger partial charge on any atom is -0.309 e. The first kappa shape index (κ1) is 13.6. The number of para-hydroxylation sites is 2. The predicted octanol–water partition coefficient (Wildman–Crippen LogP) is 5.98. The molecule has 0 amide bonds. The Bertz CT molecular complexity index is 964. The van der Waals surface area contributed by atoms with Gasteiger partial charge in [0.25, 0.3) is 0 Å². The second-order valence-corrected chi connectivity index (χ2v) is 5.56. The lowest BCUT2D eigenvalue weighted by Gasteiger charge is -2.08. The van der Waals surface area contributed by atoms with E-state index in [1.165, 1.54) is 33.1 Å². The molecular formula is C22H17N. The largest absolute Gasteiger partial charge is 0.309 e. The molecule has 23 heavy (non-hydrogen) atoms. The molecule has 0 aliphatic carbocycles. The summed E-state index contributed by atoms with van der Waals surface area (Å²) in [5, 5.41) is 2.58. The number of hydrogen-bond acceptors (Lipinski definition) is 0. The smallest absolute Gasteiger partial charge is 0.0541 e. The predicted molar refractivity (Wildman–Crippen MR) is 100 cm³/mol. The van der Waals surface area contributed by atoms with Crippen LogP contribution < -0.4 is 0 Å². The number of rotatable bonds is 3. The molecule has 0 radical (unpaired) electrons. The highest BCUT2D eigenvalue weighted by Crippen LogP contribution is 2.31. The van der Waals surface area contributed by atoms with Crippen molar-refractivity contribution in [2.24, 2.45) is 0 Å². The third-order valence-electron chi connectivity index (χ3n) is 4.16. The van der Waals surface area contributed by atoms with E-state index in [-0.39, 0.29) is 0 Å². The Hall–Kier alpha value is -3.06. The summed E-state index contributed by atoms with van der Waals surface area (Å²) in [5.41, 5.74) is 4.83. The average Bonchev–Trinajstić information content (AvgIpc) is 2.95. The Labute approximate surface area is 135 Å². The van der Waals surface area contributed by atoms with Gasteiger partial charge in [0.1, 0.15) is 0 Å². The van der Waals surface area contributed by atoms with Gasteiger partial charge in [-0.05, 0) is 29.8 Å². The number of benzene rings is 3. The van der Waals surface area contributed by atoms with Gasteiger partial charge in [0.2, 0.25) is 0 Å². The Balaban J connectivity index is 1.96. The molecule has 1 nitrogen and oxygen atoms in total. The lowest BCUT2D eigenvalue weighted by atomic mass is 10.2. The van der Waals surface area contributed by atoms with Crippen LogP contribution >= 0.6 is 0 Å². The molecule has 0 bridgehead atoms. The minimum atomic E-state index is 1.18. The summed E-state index contributed by atoms with van der Waals surface area (Å²) < 4.78 is 2.33. The number of fused-ring (bicyclic) bond motifs is 3. The van der Waals surface area contributed by atoms with Crippen LogP contribution in [0.5, 0.6) is 0 Å². The quantitative estimate of drug-likeness (QED) is 0.409. The first-order valence-corrected chi connectivity index (χ1v) is 7.76. The van der Waals surface area contributed by atoms with E-state index in [1.807, 2.05) is 6.08 Å². The van der Waals surface area contributed by atoms with E-state index in [0.29, 0.717) is 0 Å². The Morgan fingerprint density at radius 2 is 1.26 bits per heavy atom. The zero-order valence-electron chi connectivity index (χ0n) is 12.8. The molecule has 0 atom stereocenters. The van der Waals surface area contributed by atoms with Crippen molar-refractivity contribution in [2.45, 2.75) is 0 Å². The molecule has 1 aromatic heterocycles. The SMILES string of the molecule is C=C/C=C/c1ccc(-n2c3ccccc3c3ccccc32)cc1. The van der Waals surface area contributed by atoms with Crippen LogP contribution in [0.2, 0.25) is 0 Å². The van der Waals surface area contributed by atoms with Crippen molar-refractivity contribution in [3.05, 3.63) is 97.1 Å². The minimum absolute atomic E-state index is 1.18. The maximum Gasteiger partial charge on any atom is 0.0541 e. The molecule has 1 heteroatoms. The molecule has 4 rings (SSSR count). The molecule has 3 aromatic carbocycles. The molecule has 0 unspecified atom stereocenters. The monoisotopic (exact) mass is 295 g/mol. The summed E-state index contributed by atoms with van der Waals surface area (Å²) in [7, 11) is 0. The molecule has 0 fully saturated rings. The van der Waals surface area contributed by atoms with Crippen molar-refractivity contribution in [1.29, 1.82) is 0 Å². The highest BCUT2D eigenvalue weighted by molar-refractivity contribution is 6.09. The average molecular weight is 295 g/mol. The number of aromatic nitrogens is 1. The molecule has 0 N–H and O–H groups in total. The third-order valence-corrected chi connectivity index (χ3v) is 4.16. The second-order valence-electron chi connectivity index (χ2n) is 5.56. The maximum absolute atomic E-state index is 3.71. The van der Waals surface area contributed by atoms with E-state index in [2.05, 4.69) is 90.0 Å². The summed E-state index contributed by atoms with van der Waals surface area (Å²) in [5.74, 6) is 0. The Morgan fingerprint density at radius 3 is 1.83 bits per heavy atom. The standard InChI is InChI=1S/C22H17N/c1-2-3-8-17-13-15-18(16-14-17)23-21-11-6-4-9-19(21)20-10-5-7-12-22(20)23/h2-16H,1H2/b8-3+. The highest BCUT2D eigenvalue weighted by atomic mass is 15.0. The van der Waals surface area contributed by atoms with Gasteiger partial charge in [0.05, 0.1) is 11.0 Å². The van der Waals surface area contributed by atoms with Crippen LogP contribution in [-0.2, 0) is 0 Å². The van der Waals surface area contributed by atoms with E-state index in [0.717, 1.165) is 0 Å². The third kappa shape index (κ3) is 2.27. The van der Waals surface area contributed by atoms with E-state index in [9.17, 15) is 0 Å². The van der Waals surface area contributed by atoms with Gasteiger partial charge < -0.3 is 4.57 Å². The normalized spacial score (nSPS) is 11.5. The van der Waals surface area contributed by atoms with Crippen molar-refractivity contribution in [2.75, 3.05) is 0 Å². The zero-order chi connectivity index (χ0) is 15.6. The summed E-state index contributed by atoms with van der Waals surface area (Å²) in [6, 6.07) is 25.7. The molecule has 110 valence electrons.